The largest absolute Gasteiger partial charge is 0.360 e. The first kappa shape index (κ1) is 24.9. The van der Waals surface area contributed by atoms with E-state index in [2.05, 4.69) is 16.4 Å². The Morgan fingerprint density at radius 1 is 1.00 bits per heavy atom. The molecule has 6 heteroatoms. The van der Waals surface area contributed by atoms with Gasteiger partial charge in [0.1, 0.15) is 0 Å². The van der Waals surface area contributed by atoms with Gasteiger partial charge in [-0.15, -0.1) is 0 Å². The monoisotopic (exact) mass is 478 g/mol. The number of nitrogens with zero attached hydrogens (tertiary/aromatic N) is 2. The standard InChI is InChI=1S/C30H30N4O2/c1-3-34(4-2)30(36)24-14-15-25-26(20-33-27(25)18-24)29(35)28(23-8-6-5-7-9-23)32-17-16-21-10-12-22(19-31)13-11-21/h5-15,18,20,28,32-33H,3-4,16-17H2,1-2H3/t28-/m0/s1. The van der Waals surface area contributed by atoms with Gasteiger partial charge in [-0.2, -0.15) is 5.26 Å². The highest BCUT2D eigenvalue weighted by atomic mass is 16.2. The Kier molecular flexibility index (Phi) is 7.94. The van der Waals surface area contributed by atoms with Gasteiger partial charge in [0.15, 0.2) is 5.78 Å². The minimum atomic E-state index is -0.513. The number of amides is 1. The van der Waals surface area contributed by atoms with Crippen LogP contribution < -0.4 is 5.32 Å². The van der Waals surface area contributed by atoms with Crippen molar-refractivity contribution >= 4 is 22.6 Å². The summed E-state index contributed by atoms with van der Waals surface area (Å²) in [4.78, 5) is 31.5. The van der Waals surface area contributed by atoms with Crippen LogP contribution in [0, 0.1) is 11.3 Å². The fourth-order valence-corrected chi connectivity index (χ4v) is 4.43. The minimum absolute atomic E-state index is 0.0176. The molecule has 0 saturated heterocycles. The number of fused-ring (bicyclic) bond motifs is 1. The SMILES string of the molecule is CCN(CC)C(=O)c1ccc2c(C(=O)[C@@H](NCCc3ccc(C#N)cc3)c3ccccc3)c[nH]c2c1. The van der Waals surface area contributed by atoms with Crippen LogP contribution in [-0.4, -0.2) is 41.2 Å². The van der Waals surface area contributed by atoms with E-state index in [4.69, 9.17) is 5.26 Å². The lowest BCUT2D eigenvalue weighted by atomic mass is 9.96. The lowest BCUT2D eigenvalue weighted by Crippen LogP contribution is -2.30. The van der Waals surface area contributed by atoms with Crippen LogP contribution in [0.5, 0.6) is 0 Å². The molecule has 0 bridgehead atoms. The van der Waals surface area contributed by atoms with Gasteiger partial charge in [0.2, 0.25) is 0 Å². The molecule has 0 aliphatic rings. The summed E-state index contributed by atoms with van der Waals surface area (Å²) in [6, 6.07) is 24.3. The molecule has 0 unspecified atom stereocenters. The van der Waals surface area contributed by atoms with Crippen molar-refractivity contribution in [3.8, 4) is 6.07 Å². The molecule has 1 heterocycles. The van der Waals surface area contributed by atoms with Crippen molar-refractivity contribution in [1.29, 1.82) is 5.26 Å². The second kappa shape index (κ2) is 11.5. The molecule has 3 aromatic carbocycles. The number of aromatic nitrogens is 1. The van der Waals surface area contributed by atoms with Gasteiger partial charge in [-0.05, 0) is 55.7 Å². The molecule has 36 heavy (non-hydrogen) atoms. The highest BCUT2D eigenvalue weighted by Crippen LogP contribution is 2.26. The molecule has 1 aromatic heterocycles. The average molecular weight is 479 g/mol. The van der Waals surface area contributed by atoms with E-state index in [9.17, 15) is 9.59 Å². The van der Waals surface area contributed by atoms with E-state index in [0.717, 1.165) is 28.5 Å². The number of carbonyl (C=O) groups excluding carboxylic acids is 2. The third-order valence-electron chi connectivity index (χ3n) is 6.49. The molecule has 0 spiro atoms. The number of carbonyl (C=O) groups is 2. The van der Waals surface area contributed by atoms with E-state index in [1.807, 2.05) is 68.4 Å². The van der Waals surface area contributed by atoms with Crippen molar-refractivity contribution in [2.45, 2.75) is 26.3 Å². The normalized spacial score (nSPS) is 11.7. The van der Waals surface area contributed by atoms with E-state index in [1.54, 1.807) is 29.3 Å². The van der Waals surface area contributed by atoms with Gasteiger partial charge in [0.25, 0.3) is 5.91 Å². The first-order valence-corrected chi connectivity index (χ1v) is 12.3. The Labute approximate surface area is 211 Å². The molecule has 0 aliphatic heterocycles. The Morgan fingerprint density at radius 2 is 1.72 bits per heavy atom. The summed E-state index contributed by atoms with van der Waals surface area (Å²) in [5.41, 5.74) is 4.58. The van der Waals surface area contributed by atoms with Crippen LogP contribution in [0.25, 0.3) is 10.9 Å². The summed E-state index contributed by atoms with van der Waals surface area (Å²) in [5, 5.41) is 13.2. The van der Waals surface area contributed by atoms with Crippen molar-refractivity contribution in [1.82, 2.24) is 15.2 Å². The smallest absolute Gasteiger partial charge is 0.253 e. The van der Waals surface area contributed by atoms with Crippen LogP contribution in [0.1, 0.15) is 57.3 Å². The van der Waals surface area contributed by atoms with E-state index < -0.39 is 6.04 Å². The quantitative estimate of drug-likeness (QED) is 0.304. The maximum atomic E-state index is 13.8. The van der Waals surface area contributed by atoms with Crippen molar-refractivity contribution in [2.75, 3.05) is 19.6 Å². The summed E-state index contributed by atoms with van der Waals surface area (Å²) in [5.74, 6) is -0.0499. The molecule has 0 fully saturated rings. The molecule has 1 amide bonds. The molecule has 0 saturated carbocycles. The summed E-state index contributed by atoms with van der Waals surface area (Å²) < 4.78 is 0. The van der Waals surface area contributed by atoms with Crippen LogP contribution in [-0.2, 0) is 6.42 Å². The predicted molar refractivity (Wildman–Crippen MR) is 142 cm³/mol. The van der Waals surface area contributed by atoms with Gasteiger partial charge in [-0.3, -0.25) is 9.59 Å². The van der Waals surface area contributed by atoms with Crippen LogP contribution in [0.4, 0.5) is 0 Å². The maximum absolute atomic E-state index is 13.8. The summed E-state index contributed by atoms with van der Waals surface area (Å²) in [6.07, 6.45) is 2.46. The van der Waals surface area contributed by atoms with Crippen molar-refractivity contribution in [3.63, 3.8) is 0 Å². The number of aromatic amines is 1. The molecular weight excluding hydrogens is 448 g/mol. The summed E-state index contributed by atoms with van der Waals surface area (Å²) in [6.45, 7) is 5.82. The molecule has 6 nitrogen and oxygen atoms in total. The summed E-state index contributed by atoms with van der Waals surface area (Å²) >= 11 is 0. The predicted octanol–water partition coefficient (Wildman–Crippen LogP) is 5.28. The molecule has 0 aliphatic carbocycles. The second-order valence-electron chi connectivity index (χ2n) is 8.66. The third kappa shape index (κ3) is 5.37. The number of nitrogens with one attached hydrogen (secondary N) is 2. The van der Waals surface area contributed by atoms with E-state index in [0.29, 0.717) is 36.3 Å². The highest BCUT2D eigenvalue weighted by molar-refractivity contribution is 6.11. The van der Waals surface area contributed by atoms with Gasteiger partial charge in [-0.25, -0.2) is 0 Å². The van der Waals surface area contributed by atoms with E-state index in [-0.39, 0.29) is 11.7 Å². The number of hydrogen-bond acceptors (Lipinski definition) is 4. The molecule has 2 N–H and O–H groups in total. The molecule has 182 valence electrons. The van der Waals surface area contributed by atoms with Gasteiger partial charge >= 0.3 is 0 Å². The number of H-pyrrole nitrogens is 1. The number of nitriles is 1. The Balaban J connectivity index is 1.57. The topological polar surface area (TPSA) is 89.0 Å². The Bertz CT molecular complexity index is 1380. The molecule has 4 rings (SSSR count). The van der Waals surface area contributed by atoms with Crippen LogP contribution in [0.2, 0.25) is 0 Å². The maximum Gasteiger partial charge on any atom is 0.253 e. The molecule has 4 aromatic rings. The van der Waals surface area contributed by atoms with Crippen molar-refractivity contribution < 1.29 is 9.59 Å². The zero-order valence-corrected chi connectivity index (χ0v) is 20.6. The first-order chi connectivity index (χ1) is 17.5. The number of hydrogen-bond donors (Lipinski definition) is 2. The lowest BCUT2D eigenvalue weighted by Gasteiger charge is -2.19. The van der Waals surface area contributed by atoms with E-state index >= 15 is 0 Å². The number of ketones is 1. The number of rotatable bonds is 10. The third-order valence-corrected chi connectivity index (χ3v) is 6.49. The average Bonchev–Trinajstić information content (AvgIpc) is 3.35. The van der Waals surface area contributed by atoms with E-state index in [1.165, 1.54) is 0 Å². The fraction of sp³-hybridized carbons (Fsp3) is 0.233. The highest BCUT2D eigenvalue weighted by Gasteiger charge is 2.24. The fourth-order valence-electron chi connectivity index (χ4n) is 4.43. The minimum Gasteiger partial charge on any atom is -0.360 e. The Hall–Kier alpha value is -4.21. The van der Waals surface area contributed by atoms with Crippen molar-refractivity contribution in [3.05, 3.63) is 107 Å². The van der Waals surface area contributed by atoms with Gasteiger partial charge in [0, 0.05) is 47.9 Å². The van der Waals surface area contributed by atoms with Crippen LogP contribution in [0.15, 0.2) is 79.0 Å². The van der Waals surface area contributed by atoms with Crippen LogP contribution in [0.3, 0.4) is 0 Å². The lowest BCUT2D eigenvalue weighted by molar-refractivity contribution is 0.0773. The second-order valence-corrected chi connectivity index (χ2v) is 8.66. The van der Waals surface area contributed by atoms with Gasteiger partial charge in [0.05, 0.1) is 17.7 Å². The van der Waals surface area contributed by atoms with Gasteiger partial charge < -0.3 is 15.2 Å². The zero-order valence-electron chi connectivity index (χ0n) is 20.6. The van der Waals surface area contributed by atoms with Gasteiger partial charge in [-0.1, -0.05) is 48.5 Å². The number of Topliss-reactive ketones (excluding diaryl/α,β-unsaturated/α-hetero) is 1. The molecule has 0 radical (unpaired) electrons. The number of benzene rings is 3. The zero-order chi connectivity index (χ0) is 25.5. The van der Waals surface area contributed by atoms with Crippen LogP contribution >= 0.6 is 0 Å². The molecular formula is C30H30N4O2. The molecule has 1 atom stereocenters. The first-order valence-electron chi connectivity index (χ1n) is 12.3. The van der Waals surface area contributed by atoms with Crippen molar-refractivity contribution in [2.24, 2.45) is 0 Å². The summed E-state index contributed by atoms with van der Waals surface area (Å²) in [7, 11) is 0. The Morgan fingerprint density at radius 3 is 2.39 bits per heavy atom.